The van der Waals surface area contributed by atoms with Gasteiger partial charge in [0, 0.05) is 5.54 Å². The van der Waals surface area contributed by atoms with Gasteiger partial charge in [-0.25, -0.2) is 0 Å². The molecule has 1 unspecified atom stereocenters. The van der Waals surface area contributed by atoms with Crippen LogP contribution in [0.25, 0.3) is 0 Å². The summed E-state index contributed by atoms with van der Waals surface area (Å²) in [5.41, 5.74) is 1.48. The van der Waals surface area contributed by atoms with Gasteiger partial charge in [0.15, 0.2) is 0 Å². The average molecular weight is 235 g/mol. The van der Waals surface area contributed by atoms with Crippen LogP contribution in [0.1, 0.15) is 33.3 Å². The van der Waals surface area contributed by atoms with Gasteiger partial charge in [0.25, 0.3) is 0 Å². The van der Waals surface area contributed by atoms with Crippen molar-refractivity contribution in [3.63, 3.8) is 0 Å². The van der Waals surface area contributed by atoms with Gasteiger partial charge in [0.05, 0.1) is 7.11 Å². The fourth-order valence-corrected chi connectivity index (χ4v) is 1.80. The van der Waals surface area contributed by atoms with Crippen LogP contribution in [-0.4, -0.2) is 19.2 Å². The molecular formula is C15H25NO. The average Bonchev–Trinajstić information content (AvgIpc) is 2.26. The smallest absolute Gasteiger partial charge is 0.122 e. The molecular weight excluding hydrogens is 210 g/mol. The van der Waals surface area contributed by atoms with Crippen LogP contribution in [0, 0.1) is 5.92 Å². The molecule has 1 N–H and O–H groups in total. The van der Waals surface area contributed by atoms with Crippen LogP contribution in [0.4, 0.5) is 0 Å². The zero-order valence-corrected chi connectivity index (χ0v) is 11.7. The van der Waals surface area contributed by atoms with E-state index < -0.39 is 0 Å². The lowest BCUT2D eigenvalue weighted by Crippen LogP contribution is -2.39. The molecule has 96 valence electrons. The summed E-state index contributed by atoms with van der Waals surface area (Å²) in [6.45, 7) is 9.89. The van der Waals surface area contributed by atoms with Gasteiger partial charge in [0.2, 0.25) is 0 Å². The predicted octanol–water partition coefficient (Wildman–Crippen LogP) is 3.26. The molecule has 2 heteroatoms. The number of hydrogen-bond acceptors (Lipinski definition) is 2. The third-order valence-corrected chi connectivity index (χ3v) is 2.74. The van der Waals surface area contributed by atoms with Gasteiger partial charge in [-0.2, -0.15) is 0 Å². The van der Waals surface area contributed by atoms with E-state index in [1.54, 1.807) is 7.11 Å². The van der Waals surface area contributed by atoms with Gasteiger partial charge in [-0.1, -0.05) is 25.1 Å². The van der Waals surface area contributed by atoms with Crippen LogP contribution in [0.3, 0.4) is 0 Å². The maximum Gasteiger partial charge on any atom is 0.122 e. The summed E-state index contributed by atoms with van der Waals surface area (Å²) in [6, 6.07) is 8.26. The van der Waals surface area contributed by atoms with E-state index in [4.69, 9.17) is 4.74 Å². The number of benzene rings is 1. The lowest BCUT2D eigenvalue weighted by Gasteiger charge is -2.23. The van der Waals surface area contributed by atoms with E-state index in [1.165, 1.54) is 5.56 Å². The summed E-state index contributed by atoms with van der Waals surface area (Å²) in [6.07, 6.45) is 1.05. The van der Waals surface area contributed by atoms with Crippen LogP contribution in [0.2, 0.25) is 0 Å². The Balaban J connectivity index is 2.53. The highest BCUT2D eigenvalue weighted by Gasteiger charge is 2.12. The Morgan fingerprint density at radius 2 is 1.88 bits per heavy atom. The Morgan fingerprint density at radius 3 is 2.47 bits per heavy atom. The predicted molar refractivity (Wildman–Crippen MR) is 73.6 cm³/mol. The zero-order valence-electron chi connectivity index (χ0n) is 11.7. The number of rotatable bonds is 5. The van der Waals surface area contributed by atoms with E-state index in [1.807, 2.05) is 12.1 Å². The molecule has 0 fully saturated rings. The van der Waals surface area contributed by atoms with Gasteiger partial charge in [0.1, 0.15) is 5.75 Å². The first kappa shape index (κ1) is 14.0. The molecule has 0 bridgehead atoms. The quantitative estimate of drug-likeness (QED) is 0.846. The first-order valence-corrected chi connectivity index (χ1v) is 6.29. The number of methoxy groups -OCH3 is 1. The molecule has 0 amide bonds. The van der Waals surface area contributed by atoms with Crippen molar-refractivity contribution in [2.45, 2.75) is 39.7 Å². The van der Waals surface area contributed by atoms with E-state index in [0.717, 1.165) is 18.7 Å². The van der Waals surface area contributed by atoms with Crippen LogP contribution in [0.15, 0.2) is 24.3 Å². The molecule has 1 atom stereocenters. The first-order valence-electron chi connectivity index (χ1n) is 6.29. The normalized spacial score (nSPS) is 13.5. The molecule has 0 aliphatic carbocycles. The third kappa shape index (κ3) is 5.22. The summed E-state index contributed by atoms with van der Waals surface area (Å²) < 4.78 is 5.37. The SMILES string of the molecule is COc1ccccc1CC(C)CNC(C)(C)C. The fourth-order valence-electron chi connectivity index (χ4n) is 1.80. The molecule has 0 aromatic heterocycles. The Bertz CT molecular complexity index is 341. The molecule has 1 rings (SSSR count). The summed E-state index contributed by atoms with van der Waals surface area (Å²) >= 11 is 0. The summed E-state index contributed by atoms with van der Waals surface area (Å²) in [7, 11) is 1.73. The van der Waals surface area contributed by atoms with Crippen molar-refractivity contribution in [1.29, 1.82) is 0 Å². The summed E-state index contributed by atoms with van der Waals surface area (Å²) in [4.78, 5) is 0. The van der Waals surface area contributed by atoms with Crippen LogP contribution < -0.4 is 10.1 Å². The fraction of sp³-hybridized carbons (Fsp3) is 0.600. The minimum Gasteiger partial charge on any atom is -0.496 e. The number of nitrogens with one attached hydrogen (secondary N) is 1. The molecule has 2 nitrogen and oxygen atoms in total. The Kier molecular flexibility index (Phi) is 5.01. The van der Waals surface area contributed by atoms with Crippen molar-refractivity contribution in [1.82, 2.24) is 5.32 Å². The van der Waals surface area contributed by atoms with Crippen molar-refractivity contribution in [2.24, 2.45) is 5.92 Å². The van der Waals surface area contributed by atoms with Gasteiger partial charge in [-0.3, -0.25) is 0 Å². The molecule has 0 aliphatic heterocycles. The largest absolute Gasteiger partial charge is 0.496 e. The van der Waals surface area contributed by atoms with Gasteiger partial charge >= 0.3 is 0 Å². The Hall–Kier alpha value is -1.02. The molecule has 0 saturated carbocycles. The van der Waals surface area contributed by atoms with E-state index in [2.05, 4.69) is 45.1 Å². The van der Waals surface area contributed by atoms with Crippen LogP contribution in [0.5, 0.6) is 5.75 Å². The third-order valence-electron chi connectivity index (χ3n) is 2.74. The molecule has 0 saturated heterocycles. The molecule has 17 heavy (non-hydrogen) atoms. The summed E-state index contributed by atoms with van der Waals surface area (Å²) in [5, 5.41) is 3.54. The molecule has 0 aliphatic rings. The molecule has 1 aromatic rings. The van der Waals surface area contributed by atoms with Crippen molar-refractivity contribution >= 4 is 0 Å². The van der Waals surface area contributed by atoms with Crippen molar-refractivity contribution < 1.29 is 4.74 Å². The van der Waals surface area contributed by atoms with E-state index in [-0.39, 0.29) is 5.54 Å². The lowest BCUT2D eigenvalue weighted by atomic mass is 9.99. The Labute approximate surface area is 105 Å². The summed E-state index contributed by atoms with van der Waals surface area (Å²) in [5.74, 6) is 1.60. The second kappa shape index (κ2) is 6.06. The highest BCUT2D eigenvalue weighted by Crippen LogP contribution is 2.20. The second-order valence-corrected chi connectivity index (χ2v) is 5.75. The van der Waals surface area contributed by atoms with Gasteiger partial charge in [-0.15, -0.1) is 0 Å². The van der Waals surface area contributed by atoms with Gasteiger partial charge < -0.3 is 10.1 Å². The second-order valence-electron chi connectivity index (χ2n) is 5.75. The highest BCUT2D eigenvalue weighted by atomic mass is 16.5. The number of hydrogen-bond donors (Lipinski definition) is 1. The Morgan fingerprint density at radius 1 is 1.24 bits per heavy atom. The minimum atomic E-state index is 0.190. The van der Waals surface area contributed by atoms with Crippen molar-refractivity contribution in [2.75, 3.05) is 13.7 Å². The van der Waals surface area contributed by atoms with Crippen molar-refractivity contribution in [3.05, 3.63) is 29.8 Å². The van der Waals surface area contributed by atoms with Gasteiger partial charge in [-0.05, 0) is 51.3 Å². The van der Waals surface area contributed by atoms with E-state index in [9.17, 15) is 0 Å². The van der Waals surface area contributed by atoms with E-state index in [0.29, 0.717) is 5.92 Å². The van der Waals surface area contributed by atoms with Crippen molar-refractivity contribution in [3.8, 4) is 5.75 Å². The maximum absolute atomic E-state index is 5.37. The highest BCUT2D eigenvalue weighted by molar-refractivity contribution is 5.33. The molecule has 0 spiro atoms. The minimum absolute atomic E-state index is 0.190. The number of ether oxygens (including phenoxy) is 1. The monoisotopic (exact) mass is 235 g/mol. The lowest BCUT2D eigenvalue weighted by molar-refractivity contribution is 0.374. The van der Waals surface area contributed by atoms with Crippen LogP contribution in [-0.2, 0) is 6.42 Å². The van der Waals surface area contributed by atoms with Crippen LogP contribution >= 0.6 is 0 Å². The number of para-hydroxylation sites is 1. The topological polar surface area (TPSA) is 21.3 Å². The maximum atomic E-state index is 5.37. The zero-order chi connectivity index (χ0) is 12.9. The molecule has 0 heterocycles. The standard InChI is InChI=1S/C15H25NO/c1-12(11-16-15(2,3)4)10-13-8-6-7-9-14(13)17-5/h6-9,12,16H,10-11H2,1-5H3. The molecule has 1 aromatic carbocycles. The molecule has 0 radical (unpaired) electrons. The first-order chi connectivity index (χ1) is 7.92. The van der Waals surface area contributed by atoms with E-state index >= 15 is 0 Å².